The molecule has 10 heteroatoms. The van der Waals surface area contributed by atoms with E-state index in [1.165, 1.54) is 12.1 Å². The molecule has 0 aromatic heterocycles. The van der Waals surface area contributed by atoms with Gasteiger partial charge in [-0.05, 0) is 30.4 Å². The summed E-state index contributed by atoms with van der Waals surface area (Å²) in [7, 11) is 0.804. The average molecular weight is 376 g/mol. The Balaban J connectivity index is 2.25. The quantitative estimate of drug-likeness (QED) is 0.489. The SMILES string of the molecule is COc1c(F)c(F)c(C(=O)NC(=S)Nc2cccc(F)c2)c(F)c1F. The summed E-state index contributed by atoms with van der Waals surface area (Å²) in [5.74, 6) is -11.1. The molecule has 0 aliphatic carbocycles. The van der Waals surface area contributed by atoms with Crippen LogP contribution in [-0.4, -0.2) is 18.1 Å². The number of anilines is 1. The minimum Gasteiger partial charge on any atom is -0.491 e. The van der Waals surface area contributed by atoms with Gasteiger partial charge in [0.1, 0.15) is 11.4 Å². The first-order chi connectivity index (χ1) is 11.8. The van der Waals surface area contributed by atoms with Gasteiger partial charge in [-0.3, -0.25) is 10.1 Å². The Morgan fingerprint density at radius 1 is 1.04 bits per heavy atom. The molecule has 0 radical (unpaired) electrons. The van der Waals surface area contributed by atoms with Crippen molar-refractivity contribution in [3.8, 4) is 5.75 Å². The van der Waals surface area contributed by atoms with Gasteiger partial charge in [0.2, 0.25) is 11.6 Å². The smallest absolute Gasteiger partial charge is 0.263 e. The van der Waals surface area contributed by atoms with E-state index in [1.807, 2.05) is 5.32 Å². The molecule has 0 fully saturated rings. The molecule has 2 aromatic carbocycles. The molecule has 0 unspecified atom stereocenters. The lowest BCUT2D eigenvalue weighted by Crippen LogP contribution is -2.35. The van der Waals surface area contributed by atoms with Crippen LogP contribution < -0.4 is 15.4 Å². The number of nitrogens with one attached hydrogen (secondary N) is 2. The molecule has 1 amide bonds. The van der Waals surface area contributed by atoms with Gasteiger partial charge in [-0.15, -0.1) is 0 Å². The van der Waals surface area contributed by atoms with E-state index in [0.717, 1.165) is 19.2 Å². The predicted octanol–water partition coefficient (Wildman–Crippen LogP) is 3.52. The maximum absolute atomic E-state index is 13.8. The zero-order valence-corrected chi connectivity index (χ0v) is 13.2. The Labute approximate surface area is 143 Å². The number of amides is 1. The van der Waals surface area contributed by atoms with Crippen molar-refractivity contribution in [1.29, 1.82) is 0 Å². The van der Waals surface area contributed by atoms with E-state index < -0.39 is 51.4 Å². The number of thiocarbonyl (C=S) groups is 1. The number of benzene rings is 2. The average Bonchev–Trinajstić information content (AvgIpc) is 2.53. The van der Waals surface area contributed by atoms with E-state index >= 15 is 0 Å². The number of methoxy groups -OCH3 is 1. The largest absolute Gasteiger partial charge is 0.491 e. The van der Waals surface area contributed by atoms with Gasteiger partial charge in [-0.25, -0.2) is 13.2 Å². The molecular weight excluding hydrogens is 367 g/mol. The number of hydrogen-bond donors (Lipinski definition) is 2. The molecule has 2 aromatic rings. The number of rotatable bonds is 3. The highest BCUT2D eigenvalue weighted by atomic mass is 32.1. The number of ether oxygens (including phenoxy) is 1. The molecule has 2 N–H and O–H groups in total. The maximum atomic E-state index is 13.8. The van der Waals surface area contributed by atoms with Gasteiger partial charge in [-0.2, -0.15) is 8.78 Å². The Kier molecular flexibility index (Phi) is 5.52. The highest BCUT2D eigenvalue weighted by Crippen LogP contribution is 2.29. The van der Waals surface area contributed by atoms with E-state index in [1.54, 1.807) is 0 Å². The van der Waals surface area contributed by atoms with E-state index in [4.69, 9.17) is 12.2 Å². The second-order valence-corrected chi connectivity index (χ2v) is 4.99. The van der Waals surface area contributed by atoms with Crippen molar-refractivity contribution in [3.05, 3.63) is 58.9 Å². The van der Waals surface area contributed by atoms with Crippen LogP contribution >= 0.6 is 12.2 Å². The van der Waals surface area contributed by atoms with Crippen molar-refractivity contribution in [3.63, 3.8) is 0 Å². The van der Waals surface area contributed by atoms with Crippen molar-refractivity contribution in [1.82, 2.24) is 5.32 Å². The summed E-state index contributed by atoms with van der Waals surface area (Å²) in [6.07, 6.45) is 0. The van der Waals surface area contributed by atoms with Crippen LogP contribution in [0.5, 0.6) is 5.75 Å². The Hall–Kier alpha value is -2.75. The fourth-order valence-electron chi connectivity index (χ4n) is 1.88. The third-order valence-corrected chi connectivity index (χ3v) is 3.17. The molecule has 2 rings (SSSR count). The number of hydrogen-bond acceptors (Lipinski definition) is 3. The first-order valence-electron chi connectivity index (χ1n) is 6.54. The lowest BCUT2D eigenvalue weighted by molar-refractivity contribution is 0.0966. The topological polar surface area (TPSA) is 50.4 Å². The second-order valence-electron chi connectivity index (χ2n) is 4.58. The maximum Gasteiger partial charge on any atom is 0.263 e. The van der Waals surface area contributed by atoms with E-state index in [0.29, 0.717) is 0 Å². The normalized spacial score (nSPS) is 10.3. The first-order valence-corrected chi connectivity index (χ1v) is 6.95. The van der Waals surface area contributed by atoms with Gasteiger partial charge in [-0.1, -0.05) is 6.07 Å². The van der Waals surface area contributed by atoms with Crippen LogP contribution in [-0.2, 0) is 0 Å². The van der Waals surface area contributed by atoms with E-state index in [-0.39, 0.29) is 5.69 Å². The number of carbonyl (C=O) groups excluding carboxylic acids is 1. The predicted molar refractivity (Wildman–Crippen MR) is 82.9 cm³/mol. The molecule has 0 heterocycles. The monoisotopic (exact) mass is 376 g/mol. The molecular formula is C15H9F5N2O2S. The van der Waals surface area contributed by atoms with Gasteiger partial charge >= 0.3 is 0 Å². The standard InChI is InChI=1S/C15H9F5N2O2S/c1-24-13-11(19)9(17)8(10(18)12(13)20)14(23)22-15(25)21-7-4-2-3-6(16)5-7/h2-5H,1H3,(H2,21,22,23,25). The lowest BCUT2D eigenvalue weighted by Gasteiger charge is -2.12. The third-order valence-electron chi connectivity index (χ3n) is 2.96. The molecule has 0 bridgehead atoms. The molecule has 0 atom stereocenters. The molecule has 0 aliphatic rings. The van der Waals surface area contributed by atoms with Gasteiger partial charge < -0.3 is 10.1 Å². The zero-order chi connectivity index (χ0) is 18.7. The lowest BCUT2D eigenvalue weighted by atomic mass is 10.1. The van der Waals surface area contributed by atoms with Crippen molar-refractivity contribution in [2.75, 3.05) is 12.4 Å². The summed E-state index contributed by atoms with van der Waals surface area (Å²) in [5, 5.41) is 3.75. The van der Waals surface area contributed by atoms with Crippen LogP contribution in [0.2, 0.25) is 0 Å². The molecule has 0 spiro atoms. The van der Waals surface area contributed by atoms with Crippen molar-refractivity contribution >= 4 is 28.9 Å². The van der Waals surface area contributed by atoms with Crippen LogP contribution in [0.3, 0.4) is 0 Å². The van der Waals surface area contributed by atoms with Crippen LogP contribution in [0, 0.1) is 29.1 Å². The van der Waals surface area contributed by atoms with Gasteiger partial charge in [0, 0.05) is 5.69 Å². The highest BCUT2D eigenvalue weighted by Gasteiger charge is 2.30. The minimum atomic E-state index is -1.94. The summed E-state index contributed by atoms with van der Waals surface area (Å²) in [6, 6.07) is 4.93. The number of halogens is 5. The minimum absolute atomic E-state index is 0.137. The van der Waals surface area contributed by atoms with E-state index in [9.17, 15) is 26.7 Å². The summed E-state index contributed by atoms with van der Waals surface area (Å²) in [5.41, 5.74) is -1.38. The van der Waals surface area contributed by atoms with Crippen molar-refractivity contribution < 1.29 is 31.5 Å². The van der Waals surface area contributed by atoms with Crippen LogP contribution in [0.4, 0.5) is 27.6 Å². The molecule has 132 valence electrons. The molecule has 0 saturated heterocycles. The fraction of sp³-hybridized carbons (Fsp3) is 0.0667. The third kappa shape index (κ3) is 3.85. The van der Waals surface area contributed by atoms with E-state index in [2.05, 4.69) is 10.1 Å². The Bertz CT molecular complexity index is 831. The van der Waals surface area contributed by atoms with Crippen molar-refractivity contribution in [2.24, 2.45) is 0 Å². The fourth-order valence-corrected chi connectivity index (χ4v) is 2.09. The first kappa shape index (κ1) is 18.6. The Morgan fingerprint density at radius 3 is 2.16 bits per heavy atom. The number of carbonyl (C=O) groups is 1. The van der Waals surface area contributed by atoms with Crippen LogP contribution in [0.1, 0.15) is 10.4 Å². The zero-order valence-electron chi connectivity index (χ0n) is 12.4. The van der Waals surface area contributed by atoms with Crippen LogP contribution in [0.15, 0.2) is 24.3 Å². The summed E-state index contributed by atoms with van der Waals surface area (Å²) in [6.45, 7) is 0. The molecule has 4 nitrogen and oxygen atoms in total. The molecule has 0 aliphatic heterocycles. The van der Waals surface area contributed by atoms with Gasteiger partial charge in [0.05, 0.1) is 7.11 Å². The summed E-state index contributed by atoms with van der Waals surface area (Å²) in [4.78, 5) is 11.9. The van der Waals surface area contributed by atoms with Crippen molar-refractivity contribution in [2.45, 2.75) is 0 Å². The molecule has 0 saturated carbocycles. The van der Waals surface area contributed by atoms with Gasteiger partial charge in [0.25, 0.3) is 5.91 Å². The second kappa shape index (κ2) is 7.43. The molecule has 25 heavy (non-hydrogen) atoms. The summed E-state index contributed by atoms with van der Waals surface area (Å²) < 4.78 is 72.2. The van der Waals surface area contributed by atoms with Gasteiger partial charge in [0.15, 0.2) is 22.5 Å². The van der Waals surface area contributed by atoms with Crippen LogP contribution in [0.25, 0.3) is 0 Å². The summed E-state index contributed by atoms with van der Waals surface area (Å²) >= 11 is 4.73. The highest BCUT2D eigenvalue weighted by molar-refractivity contribution is 7.80. The Morgan fingerprint density at radius 2 is 1.64 bits per heavy atom.